The Kier molecular flexibility index (Phi) is 4.68. The fourth-order valence-electron chi connectivity index (χ4n) is 1.29. The second-order valence-corrected chi connectivity index (χ2v) is 2.92. The van der Waals surface area contributed by atoms with Crippen molar-refractivity contribution in [3.63, 3.8) is 0 Å². The van der Waals surface area contributed by atoms with E-state index in [1.807, 2.05) is 6.07 Å². The van der Waals surface area contributed by atoms with E-state index in [4.69, 9.17) is 10.8 Å². The van der Waals surface area contributed by atoms with Gasteiger partial charge in [-0.3, -0.25) is 0 Å². The lowest BCUT2D eigenvalue weighted by Gasteiger charge is -2.01. The van der Waals surface area contributed by atoms with Gasteiger partial charge in [0.25, 0.3) is 0 Å². The van der Waals surface area contributed by atoms with Crippen LogP contribution in [0.3, 0.4) is 0 Å². The van der Waals surface area contributed by atoms with Crippen LogP contribution in [0, 0.1) is 0 Å². The maximum atomic E-state index is 10.7. The number of anilines is 1. The number of benzene rings is 1. The topological polar surface area (TPSA) is 108 Å². The molecule has 1 aromatic carbocycles. The molecule has 0 amide bonds. The third-order valence-corrected chi connectivity index (χ3v) is 1.97. The van der Waals surface area contributed by atoms with Crippen LogP contribution >= 0.6 is 12.4 Å². The van der Waals surface area contributed by atoms with Crippen LogP contribution < -0.4 is 5.73 Å². The minimum absolute atomic E-state index is 0. The van der Waals surface area contributed by atoms with E-state index in [9.17, 15) is 4.79 Å². The number of pyridine rings is 1. The smallest absolute Gasteiger partial charge is 0.354 e. The SMILES string of the molecule is Cl.Nc1cccc2ccc(C(=O)O)nc12.O. The first-order chi connectivity index (χ1) is 6.68. The van der Waals surface area contributed by atoms with Crippen LogP contribution in [0.25, 0.3) is 10.9 Å². The number of fused-ring (bicyclic) bond motifs is 1. The molecule has 16 heavy (non-hydrogen) atoms. The van der Waals surface area contributed by atoms with E-state index in [0.29, 0.717) is 11.2 Å². The van der Waals surface area contributed by atoms with Gasteiger partial charge in [-0.2, -0.15) is 0 Å². The average Bonchev–Trinajstić information content (AvgIpc) is 2.18. The Morgan fingerprint density at radius 3 is 2.56 bits per heavy atom. The summed E-state index contributed by atoms with van der Waals surface area (Å²) in [6, 6.07) is 8.50. The zero-order chi connectivity index (χ0) is 10.1. The number of aromatic carboxylic acids is 1. The van der Waals surface area contributed by atoms with Gasteiger partial charge in [-0.25, -0.2) is 9.78 Å². The van der Waals surface area contributed by atoms with Gasteiger partial charge in [-0.1, -0.05) is 18.2 Å². The summed E-state index contributed by atoms with van der Waals surface area (Å²) in [6.45, 7) is 0. The zero-order valence-corrected chi connectivity index (χ0v) is 8.99. The summed E-state index contributed by atoms with van der Waals surface area (Å²) in [5, 5.41) is 9.57. The Balaban J connectivity index is 0.00000112. The average molecular weight is 243 g/mol. The van der Waals surface area contributed by atoms with Crippen LogP contribution in [0.2, 0.25) is 0 Å². The quantitative estimate of drug-likeness (QED) is 0.730. The molecule has 0 spiro atoms. The molecule has 0 aliphatic heterocycles. The number of carboxylic acid groups (broad SMARTS) is 1. The van der Waals surface area contributed by atoms with Crippen LogP contribution in [0.15, 0.2) is 30.3 Å². The van der Waals surface area contributed by atoms with Crippen molar-refractivity contribution in [2.24, 2.45) is 0 Å². The van der Waals surface area contributed by atoms with E-state index in [2.05, 4.69) is 4.98 Å². The molecule has 0 bridgehead atoms. The maximum Gasteiger partial charge on any atom is 0.354 e. The van der Waals surface area contributed by atoms with Gasteiger partial charge in [-0.05, 0) is 12.1 Å². The van der Waals surface area contributed by atoms with E-state index in [0.717, 1.165) is 5.39 Å². The van der Waals surface area contributed by atoms with Crippen LogP contribution in [0.1, 0.15) is 10.5 Å². The molecular weight excluding hydrogens is 232 g/mol. The first-order valence-electron chi connectivity index (χ1n) is 4.07. The van der Waals surface area contributed by atoms with E-state index in [1.54, 1.807) is 18.2 Å². The molecule has 0 aliphatic carbocycles. The van der Waals surface area contributed by atoms with Gasteiger partial charge in [0, 0.05) is 5.39 Å². The van der Waals surface area contributed by atoms with Gasteiger partial charge in [0.15, 0.2) is 0 Å². The summed E-state index contributed by atoms with van der Waals surface area (Å²) < 4.78 is 0. The number of nitrogens with two attached hydrogens (primary N) is 1. The molecule has 0 saturated heterocycles. The molecule has 0 unspecified atom stereocenters. The summed E-state index contributed by atoms with van der Waals surface area (Å²) >= 11 is 0. The number of carbonyl (C=O) groups is 1. The van der Waals surface area contributed by atoms with E-state index < -0.39 is 5.97 Å². The van der Waals surface area contributed by atoms with Gasteiger partial charge >= 0.3 is 5.97 Å². The summed E-state index contributed by atoms with van der Waals surface area (Å²) in [5.74, 6) is -1.05. The molecule has 6 heteroatoms. The lowest BCUT2D eigenvalue weighted by atomic mass is 10.2. The van der Waals surface area contributed by atoms with Gasteiger partial charge < -0.3 is 16.3 Å². The van der Waals surface area contributed by atoms with Gasteiger partial charge in [0.2, 0.25) is 0 Å². The fraction of sp³-hybridized carbons (Fsp3) is 0. The summed E-state index contributed by atoms with van der Waals surface area (Å²) in [5.41, 5.74) is 6.71. The molecule has 2 aromatic rings. The standard InChI is InChI=1S/C10H8N2O2.ClH.H2O/c11-7-3-1-2-6-4-5-8(10(13)14)12-9(6)7;;/h1-5H,11H2,(H,13,14);1H;1H2. The second-order valence-electron chi connectivity index (χ2n) is 2.92. The highest BCUT2D eigenvalue weighted by Gasteiger charge is 2.06. The maximum absolute atomic E-state index is 10.7. The van der Waals surface area contributed by atoms with Gasteiger partial charge in [0.1, 0.15) is 5.69 Å². The van der Waals surface area contributed by atoms with E-state index >= 15 is 0 Å². The Bertz CT molecular complexity index is 516. The Morgan fingerprint density at radius 1 is 1.25 bits per heavy atom. The number of para-hydroxylation sites is 1. The number of nitrogens with zero attached hydrogens (tertiary/aromatic N) is 1. The monoisotopic (exact) mass is 242 g/mol. The van der Waals surface area contributed by atoms with E-state index in [-0.39, 0.29) is 23.6 Å². The van der Waals surface area contributed by atoms with Crippen LogP contribution in [-0.4, -0.2) is 21.5 Å². The molecule has 0 saturated carbocycles. The third kappa shape index (κ3) is 2.39. The molecule has 86 valence electrons. The van der Waals surface area contributed by atoms with Crippen molar-refractivity contribution in [2.75, 3.05) is 5.73 Å². The lowest BCUT2D eigenvalue weighted by molar-refractivity contribution is 0.0691. The highest BCUT2D eigenvalue weighted by molar-refractivity contribution is 5.94. The predicted molar refractivity (Wildman–Crippen MR) is 64.0 cm³/mol. The number of rotatable bonds is 1. The van der Waals surface area contributed by atoms with Crippen LogP contribution in [0.4, 0.5) is 5.69 Å². The minimum atomic E-state index is -1.05. The Hall–Kier alpha value is -1.85. The molecule has 0 fully saturated rings. The van der Waals surface area contributed by atoms with Crippen LogP contribution in [0.5, 0.6) is 0 Å². The van der Waals surface area contributed by atoms with Crippen molar-refractivity contribution < 1.29 is 15.4 Å². The first kappa shape index (κ1) is 14.2. The summed E-state index contributed by atoms with van der Waals surface area (Å²) in [7, 11) is 0. The molecule has 2 rings (SSSR count). The molecule has 1 aromatic heterocycles. The number of halogens is 1. The Morgan fingerprint density at radius 2 is 1.94 bits per heavy atom. The molecule has 1 heterocycles. The highest BCUT2D eigenvalue weighted by atomic mass is 35.5. The second kappa shape index (κ2) is 5.29. The third-order valence-electron chi connectivity index (χ3n) is 1.97. The molecule has 0 radical (unpaired) electrons. The number of carboxylic acids is 1. The molecule has 0 atom stereocenters. The van der Waals surface area contributed by atoms with Crippen molar-refractivity contribution >= 4 is 35.0 Å². The highest BCUT2D eigenvalue weighted by Crippen LogP contribution is 2.18. The number of aromatic nitrogens is 1. The van der Waals surface area contributed by atoms with Crippen molar-refractivity contribution in [3.05, 3.63) is 36.0 Å². The minimum Gasteiger partial charge on any atom is -0.477 e. The fourth-order valence-corrected chi connectivity index (χ4v) is 1.29. The normalized spacial score (nSPS) is 9.00. The largest absolute Gasteiger partial charge is 0.477 e. The van der Waals surface area contributed by atoms with Gasteiger partial charge in [-0.15, -0.1) is 12.4 Å². The summed E-state index contributed by atoms with van der Waals surface area (Å²) in [4.78, 5) is 14.6. The van der Waals surface area contributed by atoms with Crippen molar-refractivity contribution in [2.45, 2.75) is 0 Å². The van der Waals surface area contributed by atoms with Gasteiger partial charge in [0.05, 0.1) is 11.2 Å². The van der Waals surface area contributed by atoms with Crippen molar-refractivity contribution in [1.29, 1.82) is 0 Å². The molecule has 5 N–H and O–H groups in total. The predicted octanol–water partition coefficient (Wildman–Crippen LogP) is 1.11. The number of hydrogen-bond donors (Lipinski definition) is 2. The number of hydrogen-bond acceptors (Lipinski definition) is 3. The lowest BCUT2D eigenvalue weighted by Crippen LogP contribution is -2.00. The molecular formula is C10H11ClN2O3. The Labute approximate surface area is 97.6 Å². The van der Waals surface area contributed by atoms with Crippen molar-refractivity contribution in [3.8, 4) is 0 Å². The molecule has 0 aliphatic rings. The zero-order valence-electron chi connectivity index (χ0n) is 8.18. The van der Waals surface area contributed by atoms with E-state index in [1.165, 1.54) is 6.07 Å². The molecule has 5 nitrogen and oxygen atoms in total. The summed E-state index contributed by atoms with van der Waals surface area (Å²) in [6.07, 6.45) is 0. The van der Waals surface area contributed by atoms with Crippen LogP contribution in [-0.2, 0) is 0 Å². The first-order valence-corrected chi connectivity index (χ1v) is 4.07. The van der Waals surface area contributed by atoms with Crippen molar-refractivity contribution in [1.82, 2.24) is 4.98 Å². The number of nitrogen functional groups attached to an aromatic ring is 1.